The van der Waals surface area contributed by atoms with Crippen LogP contribution in [0.5, 0.6) is 0 Å². The Labute approximate surface area is 118 Å². The highest BCUT2D eigenvalue weighted by atomic mass is 16.5. The molecule has 8 heteroatoms. The number of ether oxygens (including phenoxy) is 1. The van der Waals surface area contributed by atoms with E-state index >= 15 is 0 Å². The SMILES string of the molecule is CCOC(=O)c1nc2ccc3nc(N)n(C)c3c2c(=O)[nH]1. The maximum absolute atomic E-state index is 12.3. The van der Waals surface area contributed by atoms with Crippen LogP contribution in [0.2, 0.25) is 0 Å². The molecule has 21 heavy (non-hydrogen) atoms. The van der Waals surface area contributed by atoms with Crippen molar-refractivity contribution in [2.45, 2.75) is 6.92 Å². The van der Waals surface area contributed by atoms with Crippen LogP contribution < -0.4 is 11.3 Å². The van der Waals surface area contributed by atoms with Gasteiger partial charge < -0.3 is 20.0 Å². The van der Waals surface area contributed by atoms with Gasteiger partial charge in [-0.3, -0.25) is 4.79 Å². The number of nitrogens with two attached hydrogens (primary N) is 1. The number of carbonyl (C=O) groups is 1. The number of nitrogens with one attached hydrogen (secondary N) is 1. The molecule has 1 aromatic carbocycles. The number of anilines is 1. The highest BCUT2D eigenvalue weighted by Gasteiger charge is 2.16. The van der Waals surface area contributed by atoms with Gasteiger partial charge in [0.2, 0.25) is 11.8 Å². The van der Waals surface area contributed by atoms with Crippen molar-refractivity contribution in [2.24, 2.45) is 7.05 Å². The van der Waals surface area contributed by atoms with E-state index in [1.165, 1.54) is 0 Å². The van der Waals surface area contributed by atoms with Gasteiger partial charge in [-0.2, -0.15) is 0 Å². The molecule has 0 aliphatic rings. The maximum Gasteiger partial charge on any atom is 0.374 e. The highest BCUT2D eigenvalue weighted by molar-refractivity contribution is 6.04. The molecule has 2 aromatic heterocycles. The van der Waals surface area contributed by atoms with Gasteiger partial charge in [0, 0.05) is 7.05 Å². The Hall–Kier alpha value is -2.90. The average molecular weight is 287 g/mol. The number of nitrogens with zero attached hydrogens (tertiary/aromatic N) is 3. The summed E-state index contributed by atoms with van der Waals surface area (Å²) in [7, 11) is 1.71. The quantitative estimate of drug-likeness (QED) is 0.666. The van der Waals surface area contributed by atoms with Crippen molar-refractivity contribution in [3.63, 3.8) is 0 Å². The Kier molecular flexibility index (Phi) is 2.86. The molecule has 3 N–H and O–H groups in total. The van der Waals surface area contributed by atoms with Crippen LogP contribution >= 0.6 is 0 Å². The molecule has 0 saturated heterocycles. The van der Waals surface area contributed by atoms with Crippen LogP contribution in [-0.2, 0) is 11.8 Å². The molecule has 0 aliphatic carbocycles. The number of fused-ring (bicyclic) bond motifs is 3. The number of aryl methyl sites for hydroxylation is 1. The van der Waals surface area contributed by atoms with Gasteiger partial charge in [0.05, 0.1) is 28.5 Å². The van der Waals surface area contributed by atoms with E-state index in [-0.39, 0.29) is 12.4 Å². The summed E-state index contributed by atoms with van der Waals surface area (Å²) >= 11 is 0. The maximum atomic E-state index is 12.3. The van der Waals surface area contributed by atoms with E-state index in [1.807, 2.05) is 0 Å². The zero-order chi connectivity index (χ0) is 15.1. The van der Waals surface area contributed by atoms with Gasteiger partial charge in [0.25, 0.3) is 5.56 Å². The molecule has 0 radical (unpaired) electrons. The Morgan fingerprint density at radius 1 is 1.38 bits per heavy atom. The van der Waals surface area contributed by atoms with Crippen molar-refractivity contribution in [1.82, 2.24) is 19.5 Å². The van der Waals surface area contributed by atoms with Crippen molar-refractivity contribution < 1.29 is 9.53 Å². The van der Waals surface area contributed by atoms with Crippen LogP contribution in [0.4, 0.5) is 5.95 Å². The summed E-state index contributed by atoms with van der Waals surface area (Å²) in [6.07, 6.45) is 0. The van der Waals surface area contributed by atoms with Crippen molar-refractivity contribution in [2.75, 3.05) is 12.3 Å². The number of carbonyl (C=O) groups excluding carboxylic acids is 1. The Bertz CT molecular complexity index is 925. The summed E-state index contributed by atoms with van der Waals surface area (Å²) in [6, 6.07) is 3.33. The minimum absolute atomic E-state index is 0.121. The Morgan fingerprint density at radius 2 is 2.10 bits per heavy atom. The number of hydrogen-bond acceptors (Lipinski definition) is 6. The second-order valence-electron chi connectivity index (χ2n) is 4.49. The molecule has 3 rings (SSSR count). The fourth-order valence-electron chi connectivity index (χ4n) is 2.24. The zero-order valence-corrected chi connectivity index (χ0v) is 11.5. The summed E-state index contributed by atoms with van der Waals surface area (Å²) in [6.45, 7) is 1.89. The average Bonchev–Trinajstić information content (AvgIpc) is 2.74. The Morgan fingerprint density at radius 3 is 2.81 bits per heavy atom. The lowest BCUT2D eigenvalue weighted by Gasteiger charge is -2.04. The van der Waals surface area contributed by atoms with E-state index in [0.29, 0.717) is 27.9 Å². The number of imidazole rings is 1. The van der Waals surface area contributed by atoms with Gasteiger partial charge >= 0.3 is 5.97 Å². The number of rotatable bonds is 2. The number of aromatic amines is 1. The lowest BCUT2D eigenvalue weighted by atomic mass is 10.2. The highest BCUT2D eigenvalue weighted by Crippen LogP contribution is 2.22. The third kappa shape index (κ3) is 1.92. The van der Waals surface area contributed by atoms with Crippen LogP contribution in [0.15, 0.2) is 16.9 Å². The lowest BCUT2D eigenvalue weighted by Crippen LogP contribution is -2.18. The molecule has 0 aliphatic heterocycles. The van der Waals surface area contributed by atoms with E-state index in [1.54, 1.807) is 30.7 Å². The van der Waals surface area contributed by atoms with Crippen molar-refractivity contribution in [3.05, 3.63) is 28.3 Å². The number of benzene rings is 1. The first-order valence-corrected chi connectivity index (χ1v) is 6.35. The lowest BCUT2D eigenvalue weighted by molar-refractivity contribution is 0.0512. The molecule has 0 atom stereocenters. The second kappa shape index (κ2) is 4.58. The van der Waals surface area contributed by atoms with Crippen LogP contribution in [0.25, 0.3) is 21.9 Å². The molecule has 0 unspecified atom stereocenters. The molecular weight excluding hydrogens is 274 g/mol. The number of nitrogen functional groups attached to an aromatic ring is 1. The normalized spacial score (nSPS) is 11.1. The molecule has 0 saturated carbocycles. The molecule has 0 bridgehead atoms. The summed E-state index contributed by atoms with van der Waals surface area (Å²) in [4.78, 5) is 34.7. The minimum atomic E-state index is -0.666. The first-order chi connectivity index (χ1) is 10.0. The second-order valence-corrected chi connectivity index (χ2v) is 4.49. The van der Waals surface area contributed by atoms with E-state index in [2.05, 4.69) is 15.0 Å². The summed E-state index contributed by atoms with van der Waals surface area (Å²) < 4.78 is 6.45. The number of H-pyrrole nitrogens is 1. The molecule has 0 amide bonds. The minimum Gasteiger partial charge on any atom is -0.460 e. The summed E-state index contributed by atoms with van der Waals surface area (Å²) in [5.74, 6) is -0.490. The predicted molar refractivity (Wildman–Crippen MR) is 77.0 cm³/mol. The fraction of sp³-hybridized carbons (Fsp3) is 0.231. The number of hydrogen-bond donors (Lipinski definition) is 2. The molecule has 3 aromatic rings. The zero-order valence-electron chi connectivity index (χ0n) is 11.5. The van der Waals surface area contributed by atoms with Crippen LogP contribution in [0.3, 0.4) is 0 Å². The largest absolute Gasteiger partial charge is 0.460 e. The van der Waals surface area contributed by atoms with Gasteiger partial charge in [-0.25, -0.2) is 14.8 Å². The molecular formula is C13H13N5O3. The summed E-state index contributed by atoms with van der Waals surface area (Å²) in [5.41, 5.74) is 6.88. The van der Waals surface area contributed by atoms with Gasteiger partial charge in [0.15, 0.2) is 0 Å². The third-order valence-electron chi connectivity index (χ3n) is 3.21. The van der Waals surface area contributed by atoms with E-state index < -0.39 is 11.5 Å². The molecule has 2 heterocycles. The smallest absolute Gasteiger partial charge is 0.374 e. The first kappa shape index (κ1) is 13.1. The van der Waals surface area contributed by atoms with Crippen molar-refractivity contribution >= 4 is 33.9 Å². The standard InChI is InChI=1S/C13H13N5O3/c1-3-21-12(20)10-15-6-4-5-7-9(8(6)11(19)17-10)18(2)13(14)16-7/h4-5H,3H2,1-2H3,(H2,14,16)(H,15,17,19). The van der Waals surface area contributed by atoms with Crippen LogP contribution in [0, 0.1) is 0 Å². The van der Waals surface area contributed by atoms with Crippen LogP contribution in [-0.4, -0.2) is 32.1 Å². The van der Waals surface area contributed by atoms with Crippen molar-refractivity contribution in [3.8, 4) is 0 Å². The molecule has 0 spiro atoms. The van der Waals surface area contributed by atoms with Gasteiger partial charge in [0.1, 0.15) is 0 Å². The van der Waals surface area contributed by atoms with E-state index in [9.17, 15) is 9.59 Å². The van der Waals surface area contributed by atoms with E-state index in [4.69, 9.17) is 10.5 Å². The van der Waals surface area contributed by atoms with Gasteiger partial charge in [-0.05, 0) is 19.1 Å². The number of aromatic nitrogens is 4. The van der Waals surface area contributed by atoms with Crippen LogP contribution in [0.1, 0.15) is 17.5 Å². The van der Waals surface area contributed by atoms with Crippen molar-refractivity contribution in [1.29, 1.82) is 0 Å². The number of esters is 1. The fourth-order valence-corrected chi connectivity index (χ4v) is 2.24. The predicted octanol–water partition coefficient (Wildman–Crippen LogP) is 0.569. The molecule has 8 nitrogen and oxygen atoms in total. The van der Waals surface area contributed by atoms with E-state index in [0.717, 1.165) is 0 Å². The molecule has 108 valence electrons. The first-order valence-electron chi connectivity index (χ1n) is 6.35. The monoisotopic (exact) mass is 287 g/mol. The van der Waals surface area contributed by atoms with Gasteiger partial charge in [-0.15, -0.1) is 0 Å². The third-order valence-corrected chi connectivity index (χ3v) is 3.21. The summed E-state index contributed by atoms with van der Waals surface area (Å²) in [5, 5.41) is 0.340. The van der Waals surface area contributed by atoms with Gasteiger partial charge in [-0.1, -0.05) is 0 Å². The molecule has 0 fully saturated rings. The Balaban J connectivity index is 2.36. The topological polar surface area (TPSA) is 116 Å².